The SMILES string of the molecule is Cc1c(CNN(C(=O)O)C(C)(C)C)sc2c1c(=O)n(C1CC1)c(=O)n2CCSC(F)(F)F. The Morgan fingerprint density at radius 2 is 1.91 bits per heavy atom. The fourth-order valence-corrected chi connectivity index (χ4v) is 5.18. The number of nitrogens with zero attached hydrogens (tertiary/aromatic N) is 3. The van der Waals surface area contributed by atoms with E-state index in [1.165, 1.54) is 4.57 Å². The fraction of sp³-hybridized carbons (Fsp3) is 0.632. The lowest BCUT2D eigenvalue weighted by molar-refractivity contribution is -0.0328. The number of thiophene rings is 1. The number of hydrazine groups is 1. The van der Waals surface area contributed by atoms with Crippen molar-refractivity contribution in [3.05, 3.63) is 31.3 Å². The summed E-state index contributed by atoms with van der Waals surface area (Å²) in [5.74, 6) is -0.358. The molecule has 0 spiro atoms. The number of nitrogens with one attached hydrogen (secondary N) is 1. The molecule has 0 aliphatic heterocycles. The van der Waals surface area contributed by atoms with Gasteiger partial charge in [-0.05, 0) is 57.9 Å². The van der Waals surface area contributed by atoms with Gasteiger partial charge in [0, 0.05) is 23.2 Å². The Morgan fingerprint density at radius 3 is 2.41 bits per heavy atom. The molecule has 2 aromatic rings. The highest BCUT2D eigenvalue weighted by Crippen LogP contribution is 2.35. The van der Waals surface area contributed by atoms with Gasteiger partial charge in [-0.3, -0.25) is 13.9 Å². The number of carbonyl (C=O) groups is 1. The molecule has 3 rings (SSSR count). The van der Waals surface area contributed by atoms with Gasteiger partial charge in [-0.15, -0.1) is 11.3 Å². The molecular formula is C19H25F3N4O4S2. The fourth-order valence-electron chi connectivity index (χ4n) is 3.43. The molecule has 2 N–H and O–H groups in total. The van der Waals surface area contributed by atoms with Crippen molar-refractivity contribution in [2.24, 2.45) is 0 Å². The van der Waals surface area contributed by atoms with Crippen molar-refractivity contribution in [3.8, 4) is 0 Å². The number of thioether (sulfide) groups is 1. The summed E-state index contributed by atoms with van der Waals surface area (Å²) < 4.78 is 40.3. The number of alkyl halides is 3. The summed E-state index contributed by atoms with van der Waals surface area (Å²) in [6.07, 6.45) is 0.178. The van der Waals surface area contributed by atoms with Crippen LogP contribution in [-0.2, 0) is 13.1 Å². The van der Waals surface area contributed by atoms with Crippen molar-refractivity contribution in [1.29, 1.82) is 0 Å². The predicted molar refractivity (Wildman–Crippen MR) is 118 cm³/mol. The maximum absolute atomic E-state index is 13.1. The largest absolute Gasteiger partial charge is 0.464 e. The van der Waals surface area contributed by atoms with E-state index in [2.05, 4.69) is 5.43 Å². The highest BCUT2D eigenvalue weighted by Gasteiger charge is 2.32. The number of rotatable bonds is 7. The van der Waals surface area contributed by atoms with E-state index in [9.17, 15) is 32.7 Å². The van der Waals surface area contributed by atoms with Crippen LogP contribution < -0.4 is 16.7 Å². The maximum atomic E-state index is 13.1. The first-order valence-electron chi connectivity index (χ1n) is 9.97. The van der Waals surface area contributed by atoms with Gasteiger partial charge < -0.3 is 5.11 Å². The molecule has 8 nitrogen and oxygen atoms in total. The van der Waals surface area contributed by atoms with Gasteiger partial charge in [-0.1, -0.05) is 0 Å². The van der Waals surface area contributed by atoms with Crippen LogP contribution in [0.25, 0.3) is 10.2 Å². The molecule has 32 heavy (non-hydrogen) atoms. The normalized spacial score (nSPS) is 14.8. The van der Waals surface area contributed by atoms with Crippen molar-refractivity contribution >= 4 is 39.4 Å². The Bertz CT molecular complexity index is 1140. The summed E-state index contributed by atoms with van der Waals surface area (Å²) in [7, 11) is 0. The zero-order valence-electron chi connectivity index (χ0n) is 18.1. The smallest absolute Gasteiger partial charge is 0.441 e. The standard InChI is InChI=1S/C19H25F3N4O4S2/c1-10-12(9-23-26(17(29)30)18(2,3)4)32-15-13(10)14(27)25(11-5-6-11)16(28)24(15)7-8-31-19(20,21)22/h11,23H,5-9H2,1-4H3,(H,29,30). The Kier molecular flexibility index (Phi) is 6.74. The van der Waals surface area contributed by atoms with E-state index in [1.807, 2.05) is 0 Å². The number of halogens is 3. The number of carboxylic acid groups (broad SMARTS) is 1. The summed E-state index contributed by atoms with van der Waals surface area (Å²) >= 11 is 0.903. The zero-order chi connectivity index (χ0) is 24.0. The monoisotopic (exact) mass is 494 g/mol. The van der Waals surface area contributed by atoms with E-state index in [1.54, 1.807) is 27.7 Å². The van der Waals surface area contributed by atoms with Crippen LogP contribution in [-0.4, -0.2) is 42.1 Å². The van der Waals surface area contributed by atoms with Crippen LogP contribution in [0, 0.1) is 6.92 Å². The number of aromatic nitrogens is 2. The lowest BCUT2D eigenvalue weighted by Crippen LogP contribution is -2.52. The number of aryl methyl sites for hydroxylation is 2. The topological polar surface area (TPSA) is 96.6 Å². The van der Waals surface area contributed by atoms with Crippen molar-refractivity contribution < 1.29 is 23.1 Å². The molecule has 0 unspecified atom stereocenters. The van der Waals surface area contributed by atoms with Gasteiger partial charge >= 0.3 is 17.3 Å². The van der Waals surface area contributed by atoms with Gasteiger partial charge in [0.05, 0.1) is 17.5 Å². The summed E-state index contributed by atoms with van der Waals surface area (Å²) in [6, 6.07) is -0.231. The van der Waals surface area contributed by atoms with Gasteiger partial charge in [0.25, 0.3) is 5.56 Å². The molecule has 1 fully saturated rings. The summed E-state index contributed by atoms with van der Waals surface area (Å²) in [5.41, 5.74) is -2.76. The second-order valence-electron chi connectivity index (χ2n) is 8.59. The predicted octanol–water partition coefficient (Wildman–Crippen LogP) is 3.90. The van der Waals surface area contributed by atoms with E-state index in [-0.39, 0.29) is 36.6 Å². The minimum atomic E-state index is -4.42. The molecule has 1 saturated carbocycles. The summed E-state index contributed by atoms with van der Waals surface area (Å²) in [6.45, 7) is 6.75. The molecule has 178 valence electrons. The van der Waals surface area contributed by atoms with Gasteiger partial charge in [0.1, 0.15) is 4.83 Å². The van der Waals surface area contributed by atoms with E-state index >= 15 is 0 Å². The molecule has 0 aromatic carbocycles. The van der Waals surface area contributed by atoms with Crippen molar-refractivity contribution in [1.82, 2.24) is 19.6 Å². The van der Waals surface area contributed by atoms with Gasteiger partial charge in [-0.25, -0.2) is 20.0 Å². The molecule has 0 saturated heterocycles. The second-order valence-corrected chi connectivity index (χ2v) is 10.8. The van der Waals surface area contributed by atoms with E-state index < -0.39 is 28.4 Å². The molecular weight excluding hydrogens is 469 g/mol. The Balaban J connectivity index is 2.04. The Labute approximate surface area is 190 Å². The number of hydrogen-bond donors (Lipinski definition) is 2. The summed E-state index contributed by atoms with van der Waals surface area (Å²) in [5, 5.41) is 10.8. The molecule has 0 radical (unpaired) electrons. The molecule has 1 amide bonds. The first-order valence-corrected chi connectivity index (χ1v) is 11.8. The highest BCUT2D eigenvalue weighted by molar-refractivity contribution is 8.00. The van der Waals surface area contributed by atoms with Crippen molar-refractivity contribution in [2.45, 2.75) is 70.7 Å². The average Bonchev–Trinajstić information content (AvgIpc) is 3.40. The Hall–Kier alpha value is -1.99. The second kappa shape index (κ2) is 8.75. The number of hydrogen-bond acceptors (Lipinski definition) is 6. The molecule has 2 heterocycles. The van der Waals surface area contributed by atoms with Gasteiger partial charge in [-0.2, -0.15) is 13.2 Å². The molecule has 1 aliphatic carbocycles. The third-order valence-corrected chi connectivity index (χ3v) is 7.12. The third-order valence-electron chi connectivity index (χ3n) is 5.09. The molecule has 1 aliphatic rings. The molecule has 0 bridgehead atoms. The zero-order valence-corrected chi connectivity index (χ0v) is 19.7. The minimum absolute atomic E-state index is 0.0864. The van der Waals surface area contributed by atoms with E-state index in [0.29, 0.717) is 33.5 Å². The molecule has 2 aromatic heterocycles. The Morgan fingerprint density at radius 1 is 1.28 bits per heavy atom. The van der Waals surface area contributed by atoms with Crippen LogP contribution in [0.5, 0.6) is 0 Å². The molecule has 13 heteroatoms. The van der Waals surface area contributed by atoms with Crippen LogP contribution in [0.1, 0.15) is 50.1 Å². The molecule has 0 atom stereocenters. The van der Waals surface area contributed by atoms with Crippen LogP contribution in [0.3, 0.4) is 0 Å². The number of fused-ring (bicyclic) bond motifs is 1. The van der Waals surface area contributed by atoms with Crippen LogP contribution in [0.15, 0.2) is 9.59 Å². The lowest BCUT2D eigenvalue weighted by Gasteiger charge is -2.33. The van der Waals surface area contributed by atoms with Crippen molar-refractivity contribution in [2.75, 3.05) is 5.75 Å². The van der Waals surface area contributed by atoms with Crippen molar-refractivity contribution in [3.63, 3.8) is 0 Å². The first kappa shape index (κ1) is 24.6. The van der Waals surface area contributed by atoms with Gasteiger partial charge in [0.15, 0.2) is 0 Å². The van der Waals surface area contributed by atoms with Crippen LogP contribution in [0.2, 0.25) is 0 Å². The maximum Gasteiger partial charge on any atom is 0.441 e. The highest BCUT2D eigenvalue weighted by atomic mass is 32.2. The summed E-state index contributed by atoms with van der Waals surface area (Å²) in [4.78, 5) is 38.6. The minimum Gasteiger partial charge on any atom is -0.464 e. The lowest BCUT2D eigenvalue weighted by atomic mass is 10.1. The van der Waals surface area contributed by atoms with E-state index in [0.717, 1.165) is 20.9 Å². The average molecular weight is 495 g/mol. The van der Waals surface area contributed by atoms with Crippen LogP contribution >= 0.6 is 23.1 Å². The first-order chi connectivity index (χ1) is 14.7. The van der Waals surface area contributed by atoms with Gasteiger partial charge in [0.2, 0.25) is 0 Å². The third kappa shape index (κ3) is 5.15. The quantitative estimate of drug-likeness (QED) is 0.567. The van der Waals surface area contributed by atoms with Crippen LogP contribution in [0.4, 0.5) is 18.0 Å². The number of amides is 1. The van der Waals surface area contributed by atoms with E-state index in [4.69, 9.17) is 0 Å².